The van der Waals surface area contributed by atoms with E-state index in [1.165, 1.54) is 43.4 Å². The van der Waals surface area contributed by atoms with Gasteiger partial charge in [-0.2, -0.15) is 0 Å². The van der Waals surface area contributed by atoms with Crippen LogP contribution in [0.15, 0.2) is 29.3 Å². The zero-order chi connectivity index (χ0) is 13.1. The number of amidine groups is 1. The molecule has 2 nitrogen and oxygen atoms in total. The first kappa shape index (κ1) is 13.3. The summed E-state index contributed by atoms with van der Waals surface area (Å²) in [5.74, 6) is 1.19. The van der Waals surface area contributed by atoms with Crippen LogP contribution in [-0.2, 0) is 6.54 Å². The molecule has 1 heterocycles. The fourth-order valence-corrected chi connectivity index (χ4v) is 4.19. The average molecular weight is 295 g/mol. The molecule has 0 bridgehead atoms. The van der Waals surface area contributed by atoms with E-state index in [4.69, 9.17) is 16.6 Å². The Hall–Kier alpha value is -0.670. The van der Waals surface area contributed by atoms with Crippen molar-refractivity contribution in [1.29, 1.82) is 0 Å². The third-order valence-electron chi connectivity index (χ3n) is 3.99. The first-order valence-electron chi connectivity index (χ1n) is 6.96. The Balaban J connectivity index is 1.61. The lowest BCUT2D eigenvalue weighted by Gasteiger charge is -2.32. The van der Waals surface area contributed by atoms with Crippen LogP contribution in [0.2, 0.25) is 5.02 Å². The van der Waals surface area contributed by atoms with Gasteiger partial charge in [0.2, 0.25) is 0 Å². The number of benzene rings is 1. The predicted molar refractivity (Wildman–Crippen MR) is 84.0 cm³/mol. The Morgan fingerprint density at radius 3 is 2.63 bits per heavy atom. The molecule has 0 radical (unpaired) electrons. The summed E-state index contributed by atoms with van der Waals surface area (Å²) in [5, 5.41) is 5.58. The molecular formula is C15H19ClN2S. The molecule has 0 aromatic heterocycles. The van der Waals surface area contributed by atoms with Gasteiger partial charge >= 0.3 is 0 Å². The van der Waals surface area contributed by atoms with Crippen molar-refractivity contribution in [2.75, 3.05) is 5.75 Å². The van der Waals surface area contributed by atoms with Crippen LogP contribution >= 0.6 is 23.4 Å². The fourth-order valence-electron chi connectivity index (χ4n) is 2.84. The summed E-state index contributed by atoms with van der Waals surface area (Å²) < 4.78 is 0. The number of thioether (sulfide) groups is 1. The summed E-state index contributed by atoms with van der Waals surface area (Å²) in [5.41, 5.74) is 1.56. The monoisotopic (exact) mass is 294 g/mol. The van der Waals surface area contributed by atoms with Crippen molar-refractivity contribution in [2.24, 2.45) is 4.99 Å². The molecule has 2 fully saturated rings. The molecule has 3 rings (SSSR count). The Labute approximate surface area is 124 Å². The largest absolute Gasteiger partial charge is 0.359 e. The Morgan fingerprint density at radius 2 is 1.89 bits per heavy atom. The molecule has 2 aliphatic rings. The Kier molecular flexibility index (Phi) is 4.04. The minimum Gasteiger partial charge on any atom is -0.359 e. The number of hydrogen-bond donors (Lipinski definition) is 1. The Morgan fingerprint density at radius 1 is 1.16 bits per heavy atom. The zero-order valence-corrected chi connectivity index (χ0v) is 12.6. The van der Waals surface area contributed by atoms with Crippen molar-refractivity contribution < 1.29 is 0 Å². The summed E-state index contributed by atoms with van der Waals surface area (Å²) in [6.45, 7) is 0.739. The molecule has 1 aliphatic carbocycles. The van der Waals surface area contributed by atoms with Crippen LogP contribution in [0.25, 0.3) is 0 Å². The SMILES string of the molecule is Clc1ccc(CN=C2NC3(CCCCC3)CS2)cc1. The second-order valence-electron chi connectivity index (χ2n) is 5.50. The molecule has 1 N–H and O–H groups in total. The quantitative estimate of drug-likeness (QED) is 0.882. The summed E-state index contributed by atoms with van der Waals surface area (Å²) in [4.78, 5) is 4.70. The highest BCUT2D eigenvalue weighted by Crippen LogP contribution is 2.36. The maximum Gasteiger partial charge on any atom is 0.157 e. The molecule has 1 aromatic carbocycles. The summed E-state index contributed by atoms with van der Waals surface area (Å²) >= 11 is 7.77. The van der Waals surface area contributed by atoms with Crippen LogP contribution in [0.5, 0.6) is 0 Å². The highest BCUT2D eigenvalue weighted by molar-refractivity contribution is 8.14. The normalized spacial score (nSPS) is 23.7. The molecule has 1 saturated heterocycles. The van der Waals surface area contributed by atoms with Crippen molar-refractivity contribution in [3.63, 3.8) is 0 Å². The maximum absolute atomic E-state index is 5.88. The molecule has 19 heavy (non-hydrogen) atoms. The first-order valence-corrected chi connectivity index (χ1v) is 8.32. The van der Waals surface area contributed by atoms with E-state index in [2.05, 4.69) is 5.32 Å². The molecule has 0 amide bonds. The van der Waals surface area contributed by atoms with Crippen molar-refractivity contribution >= 4 is 28.5 Å². The molecule has 0 unspecified atom stereocenters. The van der Waals surface area contributed by atoms with Crippen molar-refractivity contribution in [3.8, 4) is 0 Å². The molecule has 0 atom stereocenters. The van der Waals surface area contributed by atoms with E-state index in [9.17, 15) is 0 Å². The van der Waals surface area contributed by atoms with E-state index in [-0.39, 0.29) is 0 Å². The van der Waals surface area contributed by atoms with Gasteiger partial charge < -0.3 is 5.32 Å². The van der Waals surface area contributed by atoms with Crippen LogP contribution < -0.4 is 5.32 Å². The Bertz CT molecular complexity index is 464. The van der Waals surface area contributed by atoms with Crippen molar-refractivity contribution in [3.05, 3.63) is 34.9 Å². The number of aliphatic imine (C=N–C) groups is 1. The summed E-state index contributed by atoms with van der Waals surface area (Å²) in [7, 11) is 0. The maximum atomic E-state index is 5.88. The highest BCUT2D eigenvalue weighted by Gasteiger charge is 2.37. The molecule has 1 spiro atoms. The lowest BCUT2D eigenvalue weighted by atomic mass is 9.83. The van der Waals surface area contributed by atoms with Crippen LogP contribution in [0.3, 0.4) is 0 Å². The minimum absolute atomic E-state index is 0.349. The minimum atomic E-state index is 0.349. The molecule has 1 saturated carbocycles. The molecule has 102 valence electrons. The van der Waals surface area contributed by atoms with Gasteiger partial charge in [0.05, 0.1) is 6.54 Å². The molecular weight excluding hydrogens is 276 g/mol. The van der Waals surface area contributed by atoms with Gasteiger partial charge in [-0.15, -0.1) is 0 Å². The number of hydrogen-bond acceptors (Lipinski definition) is 2. The fraction of sp³-hybridized carbons (Fsp3) is 0.533. The molecule has 4 heteroatoms. The highest BCUT2D eigenvalue weighted by atomic mass is 35.5. The van der Waals surface area contributed by atoms with Gasteiger partial charge in [-0.1, -0.05) is 54.8 Å². The van der Waals surface area contributed by atoms with Gasteiger partial charge in [0.1, 0.15) is 0 Å². The third kappa shape index (κ3) is 3.26. The van der Waals surface area contributed by atoms with Crippen LogP contribution in [-0.4, -0.2) is 16.5 Å². The number of halogens is 1. The summed E-state index contributed by atoms with van der Waals surface area (Å²) in [6.07, 6.45) is 6.72. The first-order chi connectivity index (χ1) is 9.26. The third-order valence-corrected chi connectivity index (χ3v) is 5.44. The van der Waals surface area contributed by atoms with Gasteiger partial charge in [0.15, 0.2) is 5.17 Å². The van der Waals surface area contributed by atoms with E-state index < -0.39 is 0 Å². The van der Waals surface area contributed by atoms with Gasteiger partial charge in [-0.3, -0.25) is 4.99 Å². The van der Waals surface area contributed by atoms with Gasteiger partial charge in [-0.25, -0.2) is 0 Å². The van der Waals surface area contributed by atoms with Crippen LogP contribution in [0.4, 0.5) is 0 Å². The smallest absolute Gasteiger partial charge is 0.157 e. The lowest BCUT2D eigenvalue weighted by molar-refractivity contribution is 0.303. The second kappa shape index (κ2) is 5.76. The van der Waals surface area contributed by atoms with E-state index in [0.717, 1.165) is 16.7 Å². The van der Waals surface area contributed by atoms with Gasteiger partial charge in [-0.05, 0) is 30.5 Å². The average Bonchev–Trinajstić information content (AvgIpc) is 2.82. The number of rotatable bonds is 2. The van der Waals surface area contributed by atoms with Gasteiger partial charge in [0, 0.05) is 16.3 Å². The summed E-state index contributed by atoms with van der Waals surface area (Å²) in [6, 6.07) is 7.94. The van der Waals surface area contributed by atoms with E-state index in [1.54, 1.807) is 0 Å². The van der Waals surface area contributed by atoms with E-state index >= 15 is 0 Å². The number of nitrogens with one attached hydrogen (secondary N) is 1. The van der Waals surface area contributed by atoms with E-state index in [0.29, 0.717) is 5.54 Å². The molecule has 1 aliphatic heterocycles. The van der Waals surface area contributed by atoms with Crippen LogP contribution in [0.1, 0.15) is 37.7 Å². The zero-order valence-electron chi connectivity index (χ0n) is 11.0. The standard InChI is InChI=1S/C15H19ClN2S/c16-13-6-4-12(5-7-13)10-17-14-18-15(11-19-14)8-2-1-3-9-15/h4-7H,1-3,8-11H2,(H,17,18). The second-order valence-corrected chi connectivity index (χ2v) is 6.90. The van der Waals surface area contributed by atoms with Crippen molar-refractivity contribution in [2.45, 2.75) is 44.2 Å². The predicted octanol–water partition coefficient (Wildman–Crippen LogP) is 4.24. The van der Waals surface area contributed by atoms with Crippen molar-refractivity contribution in [1.82, 2.24) is 5.32 Å². The van der Waals surface area contributed by atoms with Gasteiger partial charge in [0.25, 0.3) is 0 Å². The van der Waals surface area contributed by atoms with Crippen LogP contribution in [0, 0.1) is 0 Å². The molecule has 1 aromatic rings. The lowest BCUT2D eigenvalue weighted by Crippen LogP contribution is -2.45. The van der Waals surface area contributed by atoms with E-state index in [1.807, 2.05) is 36.0 Å². The number of nitrogens with zero attached hydrogens (tertiary/aromatic N) is 1. The topological polar surface area (TPSA) is 24.4 Å².